The van der Waals surface area contributed by atoms with E-state index in [-0.39, 0.29) is 5.82 Å². The summed E-state index contributed by atoms with van der Waals surface area (Å²) < 4.78 is 0. The van der Waals surface area contributed by atoms with E-state index in [4.69, 9.17) is 28.9 Å². The van der Waals surface area contributed by atoms with E-state index in [2.05, 4.69) is 10.3 Å². The Morgan fingerprint density at radius 1 is 1.44 bits per heavy atom. The minimum atomic E-state index is -0.567. The van der Waals surface area contributed by atoms with Crippen LogP contribution in [-0.2, 0) is 0 Å². The lowest BCUT2D eigenvalue weighted by Crippen LogP contribution is -2.42. The third-order valence-electron chi connectivity index (χ3n) is 2.44. The van der Waals surface area contributed by atoms with E-state index in [0.29, 0.717) is 15.9 Å². The molecule has 1 aromatic rings. The maximum absolute atomic E-state index is 9.57. The monoisotopic (exact) mass is 263 g/mol. The zero-order valence-corrected chi connectivity index (χ0v) is 10.9. The summed E-state index contributed by atoms with van der Waals surface area (Å²) in [5, 5.41) is 13.3. The first-order chi connectivity index (χ1) is 7.24. The number of hydrogen-bond donors (Lipinski definition) is 3. The number of aliphatic hydroxyl groups excluding tert-OH is 1. The summed E-state index contributed by atoms with van der Waals surface area (Å²) in [5.41, 5.74) is 5.02. The van der Waals surface area contributed by atoms with Crippen LogP contribution in [0.1, 0.15) is 20.8 Å². The van der Waals surface area contributed by atoms with Crippen LogP contribution in [0.4, 0.5) is 11.6 Å². The molecule has 0 bridgehead atoms. The lowest BCUT2D eigenvalue weighted by molar-refractivity contribution is 0.133. The molecule has 1 heterocycles. The minimum Gasteiger partial charge on any atom is -0.391 e. The fraction of sp³-hybridized carbons (Fsp3) is 0.500. The van der Waals surface area contributed by atoms with Crippen molar-refractivity contribution in [3.8, 4) is 0 Å². The highest BCUT2D eigenvalue weighted by Gasteiger charge is 2.25. The van der Waals surface area contributed by atoms with Gasteiger partial charge < -0.3 is 16.2 Å². The maximum Gasteiger partial charge on any atom is 0.147 e. The Balaban J connectivity index is 3.02. The molecule has 1 rings (SSSR count). The van der Waals surface area contributed by atoms with E-state index in [9.17, 15) is 5.11 Å². The number of halogens is 2. The third kappa shape index (κ3) is 2.90. The molecule has 0 radical (unpaired) electrons. The lowest BCUT2D eigenvalue weighted by atomic mass is 9.99. The van der Waals surface area contributed by atoms with Crippen molar-refractivity contribution in [1.29, 1.82) is 0 Å². The first kappa shape index (κ1) is 13.4. The Labute approximate surface area is 105 Å². The quantitative estimate of drug-likeness (QED) is 0.784. The molecule has 0 amide bonds. The predicted octanol–water partition coefficient (Wildman–Crippen LogP) is 2.54. The van der Waals surface area contributed by atoms with Crippen LogP contribution in [0.15, 0.2) is 6.07 Å². The van der Waals surface area contributed by atoms with Crippen molar-refractivity contribution >= 4 is 34.8 Å². The average Bonchev–Trinajstić information content (AvgIpc) is 2.13. The summed E-state index contributed by atoms with van der Waals surface area (Å²) in [7, 11) is 0. The van der Waals surface area contributed by atoms with Crippen molar-refractivity contribution in [2.24, 2.45) is 0 Å². The number of anilines is 2. The Morgan fingerprint density at radius 2 is 2.00 bits per heavy atom. The van der Waals surface area contributed by atoms with Crippen LogP contribution < -0.4 is 11.1 Å². The molecule has 0 aliphatic heterocycles. The van der Waals surface area contributed by atoms with Gasteiger partial charge in [-0.25, -0.2) is 4.98 Å². The van der Waals surface area contributed by atoms with Crippen molar-refractivity contribution in [2.75, 3.05) is 11.1 Å². The summed E-state index contributed by atoms with van der Waals surface area (Å²) in [5.74, 6) is 0.615. The molecule has 1 atom stereocenters. The van der Waals surface area contributed by atoms with Crippen LogP contribution in [0.2, 0.25) is 10.0 Å². The number of aliphatic hydroxyl groups is 1. The number of hydrogen-bond acceptors (Lipinski definition) is 4. The Kier molecular flexibility index (Phi) is 3.88. The van der Waals surface area contributed by atoms with E-state index in [1.165, 1.54) is 6.07 Å². The van der Waals surface area contributed by atoms with Crippen LogP contribution >= 0.6 is 23.2 Å². The zero-order valence-electron chi connectivity index (χ0n) is 9.38. The zero-order chi connectivity index (χ0) is 12.5. The number of rotatable bonds is 3. The van der Waals surface area contributed by atoms with Gasteiger partial charge in [0.25, 0.3) is 0 Å². The molecule has 0 spiro atoms. The largest absolute Gasteiger partial charge is 0.391 e. The highest BCUT2D eigenvalue weighted by atomic mass is 35.5. The van der Waals surface area contributed by atoms with Gasteiger partial charge in [0.05, 0.1) is 21.7 Å². The summed E-state index contributed by atoms with van der Waals surface area (Å²) in [6.07, 6.45) is -0.567. The Bertz CT molecular complexity index is 394. The molecular formula is C10H15Cl2N3O. The first-order valence-corrected chi connectivity index (χ1v) is 5.57. The van der Waals surface area contributed by atoms with Gasteiger partial charge >= 0.3 is 0 Å². The topological polar surface area (TPSA) is 71.2 Å². The normalized spacial score (nSPS) is 13.6. The highest BCUT2D eigenvalue weighted by Crippen LogP contribution is 2.29. The second-order valence-electron chi connectivity index (χ2n) is 4.21. The van der Waals surface area contributed by atoms with Gasteiger partial charge in [-0.2, -0.15) is 0 Å². The SMILES string of the molecule is CC(O)C(C)(C)Nc1nc(N)c(Cl)cc1Cl. The standard InChI is InChI=1S/C10H15Cl2N3O/c1-5(16)10(2,3)15-9-7(12)4-6(11)8(13)14-9/h4-5,16H,1-3H3,(H3,13,14,15). The number of nitrogens with two attached hydrogens (primary N) is 1. The molecule has 90 valence electrons. The highest BCUT2D eigenvalue weighted by molar-refractivity contribution is 6.37. The van der Waals surface area contributed by atoms with Crippen LogP contribution in [0.25, 0.3) is 0 Å². The van der Waals surface area contributed by atoms with Crippen molar-refractivity contribution in [3.05, 3.63) is 16.1 Å². The fourth-order valence-corrected chi connectivity index (χ4v) is 1.38. The van der Waals surface area contributed by atoms with Crippen LogP contribution in [0, 0.1) is 0 Å². The van der Waals surface area contributed by atoms with Crippen LogP contribution in [0.3, 0.4) is 0 Å². The van der Waals surface area contributed by atoms with Gasteiger partial charge in [-0.05, 0) is 26.8 Å². The first-order valence-electron chi connectivity index (χ1n) is 4.82. The maximum atomic E-state index is 9.57. The second-order valence-corrected chi connectivity index (χ2v) is 5.02. The van der Waals surface area contributed by atoms with Crippen molar-refractivity contribution in [3.63, 3.8) is 0 Å². The van der Waals surface area contributed by atoms with E-state index in [1.54, 1.807) is 6.92 Å². The van der Waals surface area contributed by atoms with Gasteiger partial charge in [0, 0.05) is 0 Å². The summed E-state index contributed by atoms with van der Waals surface area (Å²) in [4.78, 5) is 4.03. The predicted molar refractivity (Wildman–Crippen MR) is 68.1 cm³/mol. The molecule has 0 saturated heterocycles. The molecule has 0 aliphatic carbocycles. The third-order valence-corrected chi connectivity index (χ3v) is 3.03. The van der Waals surface area contributed by atoms with Crippen LogP contribution in [-0.4, -0.2) is 21.7 Å². The summed E-state index contributed by atoms with van der Waals surface area (Å²) in [6, 6.07) is 1.52. The molecule has 1 aromatic heterocycles. The lowest BCUT2D eigenvalue weighted by Gasteiger charge is -2.30. The van der Waals surface area contributed by atoms with Crippen molar-refractivity contribution < 1.29 is 5.11 Å². The summed E-state index contributed by atoms with van der Waals surface area (Å²) >= 11 is 11.7. The molecule has 0 saturated carbocycles. The van der Waals surface area contributed by atoms with Gasteiger partial charge in [-0.3, -0.25) is 0 Å². The van der Waals surface area contributed by atoms with Gasteiger partial charge in [0.2, 0.25) is 0 Å². The van der Waals surface area contributed by atoms with Crippen molar-refractivity contribution in [1.82, 2.24) is 4.98 Å². The Morgan fingerprint density at radius 3 is 2.50 bits per heavy atom. The number of aromatic nitrogens is 1. The number of nitrogens with one attached hydrogen (secondary N) is 1. The molecule has 4 nitrogen and oxygen atoms in total. The van der Waals surface area contributed by atoms with Crippen LogP contribution in [0.5, 0.6) is 0 Å². The molecule has 0 aromatic carbocycles. The summed E-state index contributed by atoms with van der Waals surface area (Å²) in [6.45, 7) is 5.35. The smallest absolute Gasteiger partial charge is 0.147 e. The number of nitrogens with zero attached hydrogens (tertiary/aromatic N) is 1. The molecular weight excluding hydrogens is 249 g/mol. The van der Waals surface area contributed by atoms with E-state index < -0.39 is 11.6 Å². The fourth-order valence-electron chi connectivity index (χ4n) is 0.978. The van der Waals surface area contributed by atoms with Crippen molar-refractivity contribution in [2.45, 2.75) is 32.4 Å². The van der Waals surface area contributed by atoms with E-state index in [0.717, 1.165) is 0 Å². The molecule has 0 aliphatic rings. The second kappa shape index (κ2) is 4.65. The van der Waals surface area contributed by atoms with Gasteiger partial charge in [-0.1, -0.05) is 23.2 Å². The van der Waals surface area contributed by atoms with E-state index in [1.807, 2.05) is 13.8 Å². The van der Waals surface area contributed by atoms with E-state index >= 15 is 0 Å². The molecule has 6 heteroatoms. The molecule has 0 fully saturated rings. The minimum absolute atomic E-state index is 0.204. The number of pyridine rings is 1. The number of nitrogen functional groups attached to an aromatic ring is 1. The molecule has 1 unspecified atom stereocenters. The Hall–Kier alpha value is -0.710. The average molecular weight is 264 g/mol. The van der Waals surface area contributed by atoms with Gasteiger partial charge in [0.15, 0.2) is 0 Å². The molecule has 4 N–H and O–H groups in total. The molecule has 16 heavy (non-hydrogen) atoms. The van der Waals surface area contributed by atoms with Gasteiger partial charge in [0.1, 0.15) is 11.6 Å². The van der Waals surface area contributed by atoms with Gasteiger partial charge in [-0.15, -0.1) is 0 Å².